The van der Waals surface area contributed by atoms with Gasteiger partial charge in [-0.25, -0.2) is 0 Å². The van der Waals surface area contributed by atoms with Crippen molar-refractivity contribution >= 4 is 11.7 Å². The van der Waals surface area contributed by atoms with Gasteiger partial charge in [0.25, 0.3) is 5.69 Å². The van der Waals surface area contributed by atoms with E-state index in [1.165, 1.54) is 6.07 Å². The number of carbonyl (C=O) groups excluding carboxylic acids is 1. The molecule has 0 fully saturated rings. The Bertz CT molecular complexity index is 1150. The highest BCUT2D eigenvalue weighted by Crippen LogP contribution is 2.33. The average molecular weight is 447 g/mol. The lowest BCUT2D eigenvalue weighted by molar-refractivity contribution is -0.385. The molecule has 0 saturated heterocycles. The molecule has 4 rings (SSSR count). The van der Waals surface area contributed by atoms with Gasteiger partial charge in [-0.05, 0) is 41.3 Å². The topological polar surface area (TPSA) is 81.9 Å². The third-order valence-electron chi connectivity index (χ3n) is 5.70. The Morgan fingerprint density at radius 2 is 1.73 bits per heavy atom. The van der Waals surface area contributed by atoms with E-state index in [1.807, 2.05) is 79.4 Å². The van der Waals surface area contributed by atoms with Crippen molar-refractivity contribution in [2.45, 2.75) is 39.6 Å². The van der Waals surface area contributed by atoms with Gasteiger partial charge < -0.3 is 9.47 Å². The first-order valence-electron chi connectivity index (χ1n) is 10.9. The third-order valence-corrected chi connectivity index (χ3v) is 5.70. The molecule has 0 saturated carbocycles. The SMILES string of the molecule is CC(C)C(C(=O)OCc1cccc(Oc2ccccc2)c1)N1Cc2cccc([N+](=O)[O-])c2C1. The molecule has 1 atom stereocenters. The molecule has 170 valence electrons. The first kappa shape index (κ1) is 22.5. The summed E-state index contributed by atoms with van der Waals surface area (Å²) < 4.78 is 11.5. The van der Waals surface area contributed by atoms with Crippen LogP contribution in [0.25, 0.3) is 0 Å². The number of benzene rings is 3. The largest absolute Gasteiger partial charge is 0.460 e. The van der Waals surface area contributed by atoms with Crippen molar-refractivity contribution in [3.63, 3.8) is 0 Å². The summed E-state index contributed by atoms with van der Waals surface area (Å²) in [6, 6.07) is 21.5. The van der Waals surface area contributed by atoms with Gasteiger partial charge in [0, 0.05) is 24.7 Å². The summed E-state index contributed by atoms with van der Waals surface area (Å²) in [6.45, 7) is 4.87. The highest BCUT2D eigenvalue weighted by Gasteiger charge is 2.36. The van der Waals surface area contributed by atoms with Crippen LogP contribution in [-0.4, -0.2) is 21.8 Å². The molecule has 1 unspecified atom stereocenters. The average Bonchev–Trinajstić information content (AvgIpc) is 3.22. The van der Waals surface area contributed by atoms with E-state index in [9.17, 15) is 14.9 Å². The van der Waals surface area contributed by atoms with E-state index in [0.29, 0.717) is 24.4 Å². The van der Waals surface area contributed by atoms with E-state index >= 15 is 0 Å². The van der Waals surface area contributed by atoms with Crippen LogP contribution in [0.1, 0.15) is 30.5 Å². The Kier molecular flexibility index (Phi) is 6.70. The molecule has 0 aliphatic carbocycles. The smallest absolute Gasteiger partial charge is 0.323 e. The Hall–Kier alpha value is -3.71. The van der Waals surface area contributed by atoms with Crippen LogP contribution in [0.4, 0.5) is 5.69 Å². The fourth-order valence-corrected chi connectivity index (χ4v) is 4.20. The van der Waals surface area contributed by atoms with Crippen molar-refractivity contribution < 1.29 is 19.2 Å². The van der Waals surface area contributed by atoms with Crippen LogP contribution in [0, 0.1) is 16.0 Å². The Labute approximate surface area is 192 Å². The first-order chi connectivity index (χ1) is 15.9. The Morgan fingerprint density at radius 3 is 2.45 bits per heavy atom. The standard InChI is InChI=1S/C26H26N2O5/c1-18(2)25(27-15-20-9-7-13-24(28(30)31)23(20)16-27)26(29)32-17-19-8-6-12-22(14-19)33-21-10-4-3-5-11-21/h3-14,18,25H,15-17H2,1-2H3. The van der Waals surface area contributed by atoms with Crippen molar-refractivity contribution in [1.82, 2.24) is 4.90 Å². The van der Waals surface area contributed by atoms with Gasteiger partial charge in [-0.1, -0.05) is 56.3 Å². The van der Waals surface area contributed by atoms with Gasteiger partial charge in [-0.2, -0.15) is 0 Å². The molecule has 1 aliphatic rings. The highest BCUT2D eigenvalue weighted by molar-refractivity contribution is 5.76. The molecular weight excluding hydrogens is 420 g/mol. The Morgan fingerprint density at radius 1 is 1.00 bits per heavy atom. The van der Waals surface area contributed by atoms with Gasteiger partial charge in [0.15, 0.2) is 0 Å². The van der Waals surface area contributed by atoms with Gasteiger partial charge in [0.05, 0.1) is 4.92 Å². The number of hydrogen-bond donors (Lipinski definition) is 0. The first-order valence-corrected chi connectivity index (χ1v) is 10.9. The summed E-state index contributed by atoms with van der Waals surface area (Å²) in [6.07, 6.45) is 0. The predicted molar refractivity (Wildman–Crippen MR) is 124 cm³/mol. The number of nitro groups is 1. The van der Waals surface area contributed by atoms with Crippen molar-refractivity contribution in [2.75, 3.05) is 0 Å². The third kappa shape index (κ3) is 5.21. The molecule has 0 radical (unpaired) electrons. The van der Waals surface area contributed by atoms with E-state index in [4.69, 9.17) is 9.47 Å². The molecule has 0 spiro atoms. The van der Waals surface area contributed by atoms with Crippen LogP contribution in [0.15, 0.2) is 72.8 Å². The molecule has 7 nitrogen and oxygen atoms in total. The predicted octanol–water partition coefficient (Wildman–Crippen LogP) is 5.47. The normalized spacial score (nSPS) is 14.0. The highest BCUT2D eigenvalue weighted by atomic mass is 16.6. The minimum Gasteiger partial charge on any atom is -0.460 e. The van der Waals surface area contributed by atoms with Crippen molar-refractivity contribution in [2.24, 2.45) is 5.92 Å². The van der Waals surface area contributed by atoms with E-state index in [-0.39, 0.29) is 29.1 Å². The lowest BCUT2D eigenvalue weighted by Gasteiger charge is -2.28. The van der Waals surface area contributed by atoms with Gasteiger partial charge in [0.1, 0.15) is 24.1 Å². The van der Waals surface area contributed by atoms with E-state index < -0.39 is 6.04 Å². The van der Waals surface area contributed by atoms with Crippen molar-refractivity contribution in [3.8, 4) is 11.5 Å². The zero-order chi connectivity index (χ0) is 23.4. The molecule has 1 heterocycles. The summed E-state index contributed by atoms with van der Waals surface area (Å²) >= 11 is 0. The molecule has 3 aromatic rings. The zero-order valence-electron chi connectivity index (χ0n) is 18.6. The van der Waals surface area contributed by atoms with Crippen LogP contribution < -0.4 is 4.74 Å². The van der Waals surface area contributed by atoms with Crippen LogP contribution in [-0.2, 0) is 29.2 Å². The summed E-state index contributed by atoms with van der Waals surface area (Å²) in [7, 11) is 0. The molecule has 0 bridgehead atoms. The number of nitro benzene ring substituents is 1. The van der Waals surface area contributed by atoms with Crippen molar-refractivity contribution in [1.29, 1.82) is 0 Å². The van der Waals surface area contributed by atoms with E-state index in [0.717, 1.165) is 16.9 Å². The monoisotopic (exact) mass is 446 g/mol. The maximum Gasteiger partial charge on any atom is 0.323 e. The van der Waals surface area contributed by atoms with Gasteiger partial charge in [0.2, 0.25) is 0 Å². The fraction of sp³-hybridized carbons (Fsp3) is 0.269. The van der Waals surface area contributed by atoms with Gasteiger partial charge in [-0.15, -0.1) is 0 Å². The zero-order valence-corrected chi connectivity index (χ0v) is 18.6. The van der Waals surface area contributed by atoms with Crippen LogP contribution in [0.2, 0.25) is 0 Å². The second-order valence-corrected chi connectivity index (χ2v) is 8.44. The molecule has 0 aromatic heterocycles. The number of esters is 1. The quantitative estimate of drug-likeness (QED) is 0.259. The number of nitrogens with zero attached hydrogens (tertiary/aromatic N) is 2. The molecular formula is C26H26N2O5. The maximum atomic E-state index is 13.1. The Balaban J connectivity index is 1.42. The lowest BCUT2D eigenvalue weighted by atomic mass is 10.0. The number of fused-ring (bicyclic) bond motifs is 1. The summed E-state index contributed by atoms with van der Waals surface area (Å²) in [5, 5.41) is 11.4. The summed E-state index contributed by atoms with van der Waals surface area (Å²) in [4.78, 5) is 26.0. The summed E-state index contributed by atoms with van der Waals surface area (Å²) in [5.41, 5.74) is 2.47. The van der Waals surface area contributed by atoms with Crippen LogP contribution in [0.5, 0.6) is 11.5 Å². The van der Waals surface area contributed by atoms with Gasteiger partial charge >= 0.3 is 5.97 Å². The molecule has 0 amide bonds. The van der Waals surface area contributed by atoms with Gasteiger partial charge in [-0.3, -0.25) is 19.8 Å². The van der Waals surface area contributed by atoms with Crippen LogP contribution >= 0.6 is 0 Å². The minimum absolute atomic E-state index is 0.0152. The number of ether oxygens (including phenoxy) is 2. The number of para-hydroxylation sites is 1. The fourth-order valence-electron chi connectivity index (χ4n) is 4.20. The molecule has 1 aliphatic heterocycles. The number of hydrogen-bond acceptors (Lipinski definition) is 6. The summed E-state index contributed by atoms with van der Waals surface area (Å²) in [5.74, 6) is 1.04. The molecule has 7 heteroatoms. The van der Waals surface area contributed by atoms with Crippen LogP contribution in [0.3, 0.4) is 0 Å². The van der Waals surface area contributed by atoms with Crippen molar-refractivity contribution in [3.05, 3.63) is 99.6 Å². The number of carbonyl (C=O) groups is 1. The lowest BCUT2D eigenvalue weighted by Crippen LogP contribution is -2.42. The number of rotatable bonds is 8. The molecule has 33 heavy (non-hydrogen) atoms. The minimum atomic E-state index is -0.499. The second-order valence-electron chi connectivity index (χ2n) is 8.44. The molecule has 3 aromatic carbocycles. The van der Waals surface area contributed by atoms with E-state index in [1.54, 1.807) is 6.07 Å². The second kappa shape index (κ2) is 9.83. The molecule has 0 N–H and O–H groups in total. The van der Waals surface area contributed by atoms with E-state index in [2.05, 4.69) is 0 Å². The maximum absolute atomic E-state index is 13.1.